The molecular weight excluding hydrogens is 218 g/mol. The maximum atomic E-state index is 3.80. The molecule has 1 aliphatic carbocycles. The van der Waals surface area contributed by atoms with Gasteiger partial charge in [-0.3, -0.25) is 0 Å². The van der Waals surface area contributed by atoms with Crippen molar-refractivity contribution in [2.45, 2.75) is 64.0 Å². The van der Waals surface area contributed by atoms with E-state index in [0.717, 1.165) is 0 Å². The highest BCUT2D eigenvalue weighted by Gasteiger charge is 2.48. The lowest BCUT2D eigenvalue weighted by atomic mass is 9.55. The summed E-state index contributed by atoms with van der Waals surface area (Å²) in [5.74, 6) is 0. The van der Waals surface area contributed by atoms with Gasteiger partial charge in [-0.15, -0.1) is 0 Å². The molecule has 3 unspecified atom stereocenters. The highest BCUT2D eigenvalue weighted by molar-refractivity contribution is 5.29. The SMILES string of the molecule is CC1CC2(c3ccccc3)CC(CC(C)(C)C2)N1. The number of hydrogen-bond donors (Lipinski definition) is 1. The summed E-state index contributed by atoms with van der Waals surface area (Å²) >= 11 is 0. The monoisotopic (exact) mass is 243 g/mol. The standard InChI is InChI=1S/C17H25N/c1-13-9-17(14-7-5-4-6-8-14)11-15(18-13)10-16(2,3)12-17/h4-8,13,15,18H,9-12H2,1-3H3. The van der Waals surface area contributed by atoms with Gasteiger partial charge in [0.05, 0.1) is 0 Å². The van der Waals surface area contributed by atoms with E-state index in [2.05, 4.69) is 56.4 Å². The van der Waals surface area contributed by atoms with Crippen LogP contribution in [0.15, 0.2) is 30.3 Å². The van der Waals surface area contributed by atoms with Gasteiger partial charge in [-0.05, 0) is 49.0 Å². The molecule has 3 atom stereocenters. The maximum absolute atomic E-state index is 3.80. The summed E-state index contributed by atoms with van der Waals surface area (Å²) in [5.41, 5.74) is 2.45. The Labute approximate surface area is 111 Å². The molecule has 1 saturated heterocycles. The van der Waals surface area contributed by atoms with E-state index < -0.39 is 0 Å². The second kappa shape index (κ2) is 4.09. The average Bonchev–Trinajstić information content (AvgIpc) is 2.26. The van der Waals surface area contributed by atoms with Crippen LogP contribution in [0.4, 0.5) is 0 Å². The van der Waals surface area contributed by atoms with Crippen LogP contribution in [0.2, 0.25) is 0 Å². The van der Waals surface area contributed by atoms with Gasteiger partial charge in [0.15, 0.2) is 0 Å². The molecule has 1 nitrogen and oxygen atoms in total. The molecule has 98 valence electrons. The molecule has 1 heterocycles. The molecule has 1 N–H and O–H groups in total. The maximum Gasteiger partial charge on any atom is 0.00831 e. The van der Waals surface area contributed by atoms with Crippen LogP contribution in [0.1, 0.15) is 52.0 Å². The topological polar surface area (TPSA) is 12.0 Å². The molecule has 3 rings (SSSR count). The molecule has 2 bridgehead atoms. The second-order valence-electron chi connectivity index (χ2n) is 7.36. The zero-order valence-electron chi connectivity index (χ0n) is 11.9. The van der Waals surface area contributed by atoms with E-state index >= 15 is 0 Å². The van der Waals surface area contributed by atoms with Gasteiger partial charge < -0.3 is 5.32 Å². The number of fused-ring (bicyclic) bond motifs is 2. The van der Waals surface area contributed by atoms with Crippen LogP contribution in [0.5, 0.6) is 0 Å². The van der Waals surface area contributed by atoms with Crippen molar-refractivity contribution in [1.29, 1.82) is 0 Å². The van der Waals surface area contributed by atoms with E-state index in [-0.39, 0.29) is 0 Å². The molecule has 0 radical (unpaired) electrons. The number of benzene rings is 1. The Morgan fingerprint density at radius 2 is 1.78 bits per heavy atom. The Hall–Kier alpha value is -0.820. The first-order chi connectivity index (χ1) is 8.49. The second-order valence-corrected chi connectivity index (χ2v) is 7.36. The largest absolute Gasteiger partial charge is 0.311 e. The van der Waals surface area contributed by atoms with Crippen LogP contribution in [-0.2, 0) is 5.41 Å². The van der Waals surface area contributed by atoms with Crippen molar-refractivity contribution in [3.8, 4) is 0 Å². The third-order valence-electron chi connectivity index (χ3n) is 4.86. The third-order valence-corrected chi connectivity index (χ3v) is 4.86. The van der Waals surface area contributed by atoms with Crippen LogP contribution < -0.4 is 5.32 Å². The molecular formula is C17H25N. The summed E-state index contributed by atoms with van der Waals surface area (Å²) in [6.45, 7) is 7.23. The minimum absolute atomic E-state index is 0.415. The number of piperidine rings is 1. The highest BCUT2D eigenvalue weighted by Crippen LogP contribution is 2.52. The van der Waals surface area contributed by atoms with Crippen molar-refractivity contribution in [2.75, 3.05) is 0 Å². The zero-order chi connectivity index (χ0) is 12.8. The minimum Gasteiger partial charge on any atom is -0.311 e. The van der Waals surface area contributed by atoms with Crippen LogP contribution >= 0.6 is 0 Å². The molecule has 1 aromatic carbocycles. The summed E-state index contributed by atoms with van der Waals surface area (Å²) in [6, 6.07) is 12.6. The predicted molar refractivity (Wildman–Crippen MR) is 76.8 cm³/mol. The molecule has 1 aromatic rings. The molecule has 1 aliphatic heterocycles. The smallest absolute Gasteiger partial charge is 0.00831 e. The van der Waals surface area contributed by atoms with Crippen LogP contribution in [0.25, 0.3) is 0 Å². The van der Waals surface area contributed by atoms with Gasteiger partial charge in [0, 0.05) is 12.1 Å². The fraction of sp³-hybridized carbons (Fsp3) is 0.647. The summed E-state index contributed by atoms with van der Waals surface area (Å²) in [5, 5.41) is 3.80. The van der Waals surface area contributed by atoms with E-state index in [9.17, 15) is 0 Å². The molecule has 0 aromatic heterocycles. The Morgan fingerprint density at radius 3 is 2.50 bits per heavy atom. The van der Waals surface area contributed by atoms with Gasteiger partial charge in [-0.2, -0.15) is 0 Å². The molecule has 1 saturated carbocycles. The van der Waals surface area contributed by atoms with Crippen molar-refractivity contribution in [3.63, 3.8) is 0 Å². The first-order valence-electron chi connectivity index (χ1n) is 7.31. The molecule has 18 heavy (non-hydrogen) atoms. The molecule has 2 aliphatic rings. The Kier molecular flexibility index (Phi) is 2.78. The Bertz CT molecular complexity index is 418. The number of hydrogen-bond acceptors (Lipinski definition) is 1. The van der Waals surface area contributed by atoms with Gasteiger partial charge in [0.2, 0.25) is 0 Å². The van der Waals surface area contributed by atoms with Gasteiger partial charge in [0.25, 0.3) is 0 Å². The van der Waals surface area contributed by atoms with E-state index in [1.165, 1.54) is 25.7 Å². The van der Waals surface area contributed by atoms with Crippen molar-refractivity contribution < 1.29 is 0 Å². The molecule has 0 amide bonds. The zero-order valence-corrected chi connectivity index (χ0v) is 11.9. The van der Waals surface area contributed by atoms with Crippen LogP contribution in [-0.4, -0.2) is 12.1 Å². The molecule has 0 spiro atoms. The lowest BCUT2D eigenvalue weighted by molar-refractivity contribution is 0.0611. The van der Waals surface area contributed by atoms with Crippen molar-refractivity contribution >= 4 is 0 Å². The fourth-order valence-electron chi connectivity index (χ4n) is 4.72. The molecule has 1 heteroatoms. The van der Waals surface area contributed by atoms with Crippen LogP contribution in [0.3, 0.4) is 0 Å². The van der Waals surface area contributed by atoms with E-state index in [4.69, 9.17) is 0 Å². The van der Waals surface area contributed by atoms with Crippen molar-refractivity contribution in [1.82, 2.24) is 5.32 Å². The van der Waals surface area contributed by atoms with Crippen molar-refractivity contribution in [2.24, 2.45) is 5.41 Å². The summed E-state index contributed by atoms with van der Waals surface area (Å²) < 4.78 is 0. The van der Waals surface area contributed by atoms with Crippen molar-refractivity contribution in [3.05, 3.63) is 35.9 Å². The number of rotatable bonds is 1. The predicted octanol–water partition coefficient (Wildman–Crippen LogP) is 3.88. The first kappa shape index (κ1) is 12.2. The fourth-order valence-corrected chi connectivity index (χ4v) is 4.72. The van der Waals surface area contributed by atoms with Crippen LogP contribution in [0, 0.1) is 5.41 Å². The average molecular weight is 243 g/mol. The van der Waals surface area contributed by atoms with E-state index in [0.29, 0.717) is 22.9 Å². The number of nitrogens with one attached hydrogen (secondary N) is 1. The lowest BCUT2D eigenvalue weighted by Gasteiger charge is -2.54. The van der Waals surface area contributed by atoms with Gasteiger partial charge >= 0.3 is 0 Å². The molecule has 2 fully saturated rings. The highest BCUT2D eigenvalue weighted by atomic mass is 15.0. The van der Waals surface area contributed by atoms with E-state index in [1.807, 2.05) is 0 Å². The third kappa shape index (κ3) is 2.09. The quantitative estimate of drug-likeness (QED) is 0.789. The normalized spacial score (nSPS) is 38.4. The summed E-state index contributed by atoms with van der Waals surface area (Å²) in [4.78, 5) is 0. The first-order valence-corrected chi connectivity index (χ1v) is 7.31. The minimum atomic E-state index is 0.415. The Balaban J connectivity index is 2.01. The van der Waals surface area contributed by atoms with Gasteiger partial charge in [-0.1, -0.05) is 44.2 Å². The lowest BCUT2D eigenvalue weighted by Crippen LogP contribution is -2.57. The summed E-state index contributed by atoms with van der Waals surface area (Å²) in [7, 11) is 0. The van der Waals surface area contributed by atoms with Gasteiger partial charge in [-0.25, -0.2) is 0 Å². The Morgan fingerprint density at radius 1 is 1.06 bits per heavy atom. The van der Waals surface area contributed by atoms with Gasteiger partial charge in [0.1, 0.15) is 0 Å². The van der Waals surface area contributed by atoms with E-state index in [1.54, 1.807) is 5.56 Å². The summed E-state index contributed by atoms with van der Waals surface area (Å²) in [6.07, 6.45) is 5.28.